The predicted molar refractivity (Wildman–Crippen MR) is 71.0 cm³/mol. The fraction of sp³-hybridized carbons (Fsp3) is 0.533. The molecule has 1 aromatic rings. The lowest BCUT2D eigenvalue weighted by Gasteiger charge is -2.17. The number of benzene rings is 1. The average Bonchev–Trinajstić information content (AvgIpc) is 2.19. The van der Waals surface area contributed by atoms with Crippen LogP contribution < -0.4 is 4.74 Å². The highest BCUT2D eigenvalue weighted by Gasteiger charge is 2.14. The summed E-state index contributed by atoms with van der Waals surface area (Å²) in [4.78, 5) is 11.7. The first-order chi connectivity index (χ1) is 7.82. The highest BCUT2D eigenvalue weighted by Crippen LogP contribution is 2.29. The van der Waals surface area contributed by atoms with Crippen LogP contribution in [0, 0.1) is 6.92 Å². The third kappa shape index (κ3) is 3.32. The van der Waals surface area contributed by atoms with Crippen LogP contribution >= 0.6 is 0 Å². The summed E-state index contributed by atoms with van der Waals surface area (Å²) < 4.78 is 5.72. The Hall–Kier alpha value is -1.31. The standard InChI is InChI=1S/C15H22O2/c1-9(2)13-7-11(5)15(17-10(3)4)8-14(13)12(6)16/h7-10H,1-6H3. The zero-order valence-corrected chi connectivity index (χ0v) is 11.6. The molecule has 0 aromatic heterocycles. The van der Waals surface area contributed by atoms with Crippen molar-refractivity contribution in [3.8, 4) is 5.75 Å². The van der Waals surface area contributed by atoms with Gasteiger partial charge in [0.2, 0.25) is 0 Å². The molecule has 0 atom stereocenters. The summed E-state index contributed by atoms with van der Waals surface area (Å²) in [5.41, 5.74) is 2.97. The topological polar surface area (TPSA) is 26.3 Å². The smallest absolute Gasteiger partial charge is 0.160 e. The van der Waals surface area contributed by atoms with Crippen molar-refractivity contribution in [2.75, 3.05) is 0 Å². The number of carbonyl (C=O) groups excluding carboxylic acids is 1. The molecule has 0 aliphatic carbocycles. The van der Waals surface area contributed by atoms with E-state index in [1.165, 1.54) is 0 Å². The lowest BCUT2D eigenvalue weighted by atomic mass is 9.93. The van der Waals surface area contributed by atoms with Crippen LogP contribution in [0.1, 0.15) is 62.0 Å². The van der Waals surface area contributed by atoms with Crippen molar-refractivity contribution in [1.82, 2.24) is 0 Å². The molecule has 0 unspecified atom stereocenters. The van der Waals surface area contributed by atoms with Crippen molar-refractivity contribution in [2.24, 2.45) is 0 Å². The van der Waals surface area contributed by atoms with E-state index in [2.05, 4.69) is 19.9 Å². The van der Waals surface area contributed by atoms with Crippen molar-refractivity contribution >= 4 is 5.78 Å². The highest BCUT2D eigenvalue weighted by atomic mass is 16.5. The maximum Gasteiger partial charge on any atom is 0.160 e. The molecule has 17 heavy (non-hydrogen) atoms. The third-order valence-corrected chi connectivity index (χ3v) is 2.71. The maximum absolute atomic E-state index is 11.7. The Morgan fingerprint density at radius 1 is 1.18 bits per heavy atom. The van der Waals surface area contributed by atoms with E-state index < -0.39 is 0 Å². The predicted octanol–water partition coefficient (Wildman–Crippen LogP) is 4.11. The summed E-state index contributed by atoms with van der Waals surface area (Å²) in [6.45, 7) is 11.8. The lowest BCUT2D eigenvalue weighted by molar-refractivity contribution is 0.101. The van der Waals surface area contributed by atoms with Crippen LogP contribution in [0.3, 0.4) is 0 Å². The van der Waals surface area contributed by atoms with Gasteiger partial charge >= 0.3 is 0 Å². The molecule has 0 amide bonds. The Morgan fingerprint density at radius 2 is 1.76 bits per heavy atom. The summed E-state index contributed by atoms with van der Waals surface area (Å²) in [6.07, 6.45) is 0.124. The molecule has 0 saturated heterocycles. The second-order valence-corrected chi connectivity index (χ2v) is 5.08. The number of hydrogen-bond donors (Lipinski definition) is 0. The largest absolute Gasteiger partial charge is 0.491 e. The first-order valence-corrected chi connectivity index (χ1v) is 6.15. The molecule has 2 nitrogen and oxygen atoms in total. The number of hydrogen-bond acceptors (Lipinski definition) is 2. The van der Waals surface area contributed by atoms with Gasteiger partial charge in [-0.05, 0) is 50.8 Å². The number of ketones is 1. The molecule has 94 valence electrons. The Morgan fingerprint density at radius 3 is 2.18 bits per heavy atom. The number of rotatable bonds is 4. The van der Waals surface area contributed by atoms with E-state index in [0.29, 0.717) is 5.92 Å². The molecule has 0 aliphatic heterocycles. The van der Waals surface area contributed by atoms with Gasteiger partial charge in [-0.3, -0.25) is 4.79 Å². The molecular formula is C15H22O2. The van der Waals surface area contributed by atoms with Crippen molar-refractivity contribution in [2.45, 2.75) is 53.6 Å². The zero-order valence-electron chi connectivity index (χ0n) is 11.6. The number of Topliss-reactive ketones (excluding diaryl/α,β-unsaturated/α-hetero) is 1. The molecule has 0 saturated carbocycles. The highest BCUT2D eigenvalue weighted by molar-refractivity contribution is 5.96. The molecule has 2 heteroatoms. The quantitative estimate of drug-likeness (QED) is 0.733. The van der Waals surface area contributed by atoms with E-state index >= 15 is 0 Å². The normalized spacial score (nSPS) is 11.1. The molecule has 0 N–H and O–H groups in total. The Bertz CT molecular complexity index is 417. The van der Waals surface area contributed by atoms with E-state index in [0.717, 1.165) is 22.4 Å². The fourth-order valence-electron chi connectivity index (χ4n) is 1.87. The van der Waals surface area contributed by atoms with Gasteiger partial charge in [0.1, 0.15) is 5.75 Å². The Balaban J connectivity index is 3.29. The summed E-state index contributed by atoms with van der Waals surface area (Å²) >= 11 is 0. The minimum absolute atomic E-state index is 0.0994. The van der Waals surface area contributed by atoms with E-state index in [1.807, 2.05) is 26.8 Å². The molecule has 0 heterocycles. The van der Waals surface area contributed by atoms with Gasteiger partial charge in [0, 0.05) is 5.56 Å². The summed E-state index contributed by atoms with van der Waals surface area (Å²) in [6, 6.07) is 3.95. The fourth-order valence-corrected chi connectivity index (χ4v) is 1.87. The van der Waals surface area contributed by atoms with Crippen LogP contribution in [-0.2, 0) is 0 Å². The van der Waals surface area contributed by atoms with Crippen LogP contribution in [0.15, 0.2) is 12.1 Å². The van der Waals surface area contributed by atoms with Crippen molar-refractivity contribution in [1.29, 1.82) is 0 Å². The SMILES string of the molecule is CC(=O)c1cc(OC(C)C)c(C)cc1C(C)C. The summed E-state index contributed by atoms with van der Waals surface area (Å²) in [7, 11) is 0. The Kier molecular flexibility index (Phi) is 4.33. The molecule has 0 bridgehead atoms. The molecule has 0 aliphatic rings. The molecular weight excluding hydrogens is 212 g/mol. The lowest BCUT2D eigenvalue weighted by Crippen LogP contribution is -2.09. The molecule has 0 spiro atoms. The maximum atomic E-state index is 11.7. The van der Waals surface area contributed by atoms with Crippen molar-refractivity contribution in [3.05, 3.63) is 28.8 Å². The van der Waals surface area contributed by atoms with Gasteiger partial charge < -0.3 is 4.74 Å². The van der Waals surface area contributed by atoms with E-state index in [-0.39, 0.29) is 11.9 Å². The van der Waals surface area contributed by atoms with Gasteiger partial charge in [0.15, 0.2) is 5.78 Å². The van der Waals surface area contributed by atoms with Gasteiger partial charge in [-0.25, -0.2) is 0 Å². The first-order valence-electron chi connectivity index (χ1n) is 6.15. The van der Waals surface area contributed by atoms with Crippen LogP contribution in [0.5, 0.6) is 5.75 Å². The van der Waals surface area contributed by atoms with Gasteiger partial charge in [-0.15, -0.1) is 0 Å². The van der Waals surface area contributed by atoms with E-state index in [1.54, 1.807) is 6.92 Å². The monoisotopic (exact) mass is 234 g/mol. The Labute approximate surface area is 104 Å². The summed E-state index contributed by atoms with van der Waals surface area (Å²) in [5.74, 6) is 1.26. The number of ether oxygens (including phenoxy) is 1. The van der Waals surface area contributed by atoms with Gasteiger partial charge in [0.05, 0.1) is 6.10 Å². The van der Waals surface area contributed by atoms with Crippen LogP contribution in [0.25, 0.3) is 0 Å². The van der Waals surface area contributed by atoms with Crippen molar-refractivity contribution < 1.29 is 9.53 Å². The van der Waals surface area contributed by atoms with Gasteiger partial charge in [-0.2, -0.15) is 0 Å². The molecule has 0 radical (unpaired) electrons. The van der Waals surface area contributed by atoms with Crippen LogP contribution in [-0.4, -0.2) is 11.9 Å². The molecule has 1 rings (SSSR count). The first kappa shape index (κ1) is 13.8. The van der Waals surface area contributed by atoms with Gasteiger partial charge in [-0.1, -0.05) is 19.9 Å². The van der Waals surface area contributed by atoms with Gasteiger partial charge in [0.25, 0.3) is 0 Å². The second kappa shape index (κ2) is 5.35. The van der Waals surface area contributed by atoms with Crippen LogP contribution in [0.2, 0.25) is 0 Å². The minimum Gasteiger partial charge on any atom is -0.491 e. The number of aryl methyl sites for hydroxylation is 1. The van der Waals surface area contributed by atoms with E-state index in [9.17, 15) is 4.79 Å². The molecule has 1 aromatic carbocycles. The number of carbonyl (C=O) groups is 1. The van der Waals surface area contributed by atoms with Crippen molar-refractivity contribution in [3.63, 3.8) is 0 Å². The second-order valence-electron chi connectivity index (χ2n) is 5.08. The zero-order chi connectivity index (χ0) is 13.2. The molecule has 0 fully saturated rings. The third-order valence-electron chi connectivity index (χ3n) is 2.71. The summed E-state index contributed by atoms with van der Waals surface area (Å²) in [5, 5.41) is 0. The van der Waals surface area contributed by atoms with Crippen LogP contribution in [0.4, 0.5) is 0 Å². The minimum atomic E-state index is 0.0994. The van der Waals surface area contributed by atoms with E-state index in [4.69, 9.17) is 4.74 Å². The average molecular weight is 234 g/mol.